The van der Waals surface area contributed by atoms with Gasteiger partial charge in [0.05, 0.1) is 17.1 Å². The summed E-state index contributed by atoms with van der Waals surface area (Å²) in [4.78, 5) is 12.5. The molecular formula is C25H23N3O3S. The number of nitrogens with one attached hydrogen (secondary N) is 2. The summed E-state index contributed by atoms with van der Waals surface area (Å²) >= 11 is 0. The van der Waals surface area contributed by atoms with Gasteiger partial charge in [-0.05, 0) is 53.2 Å². The average Bonchev–Trinajstić information content (AvgIpc) is 2.83. The molecule has 32 heavy (non-hydrogen) atoms. The van der Waals surface area contributed by atoms with Gasteiger partial charge in [0.1, 0.15) is 0 Å². The molecule has 0 heterocycles. The lowest BCUT2D eigenvalue weighted by Crippen LogP contribution is -2.27. The first kappa shape index (κ1) is 21.4. The topological polar surface area (TPSA) is 78.5 Å². The zero-order valence-corrected chi connectivity index (χ0v) is 18.3. The molecule has 4 rings (SSSR count). The van der Waals surface area contributed by atoms with Crippen molar-refractivity contribution in [3.05, 3.63) is 97.1 Å². The largest absolute Gasteiger partial charge is 0.376 e. The molecule has 1 amide bonds. The van der Waals surface area contributed by atoms with Crippen molar-refractivity contribution in [3.63, 3.8) is 0 Å². The summed E-state index contributed by atoms with van der Waals surface area (Å²) in [6.07, 6.45) is 0. The van der Waals surface area contributed by atoms with Crippen LogP contribution in [0.25, 0.3) is 10.8 Å². The molecule has 0 saturated heterocycles. The molecule has 6 nitrogen and oxygen atoms in total. The van der Waals surface area contributed by atoms with Crippen molar-refractivity contribution in [2.75, 3.05) is 28.5 Å². The summed E-state index contributed by atoms with van der Waals surface area (Å²) in [6, 6.07) is 29.0. The Morgan fingerprint density at radius 1 is 0.781 bits per heavy atom. The molecule has 7 heteroatoms. The van der Waals surface area contributed by atoms with E-state index in [0.717, 1.165) is 16.5 Å². The number of para-hydroxylation sites is 1. The van der Waals surface area contributed by atoms with Crippen molar-refractivity contribution in [3.8, 4) is 0 Å². The van der Waals surface area contributed by atoms with E-state index < -0.39 is 10.0 Å². The van der Waals surface area contributed by atoms with E-state index in [2.05, 4.69) is 10.6 Å². The lowest BCUT2D eigenvalue weighted by Gasteiger charge is -2.20. The van der Waals surface area contributed by atoms with E-state index in [-0.39, 0.29) is 17.3 Å². The van der Waals surface area contributed by atoms with Gasteiger partial charge in [-0.2, -0.15) is 0 Å². The van der Waals surface area contributed by atoms with Crippen molar-refractivity contribution in [1.82, 2.24) is 0 Å². The van der Waals surface area contributed by atoms with Gasteiger partial charge >= 0.3 is 0 Å². The Hall–Kier alpha value is -3.84. The number of nitrogens with zero attached hydrogens (tertiary/aromatic N) is 1. The molecular weight excluding hydrogens is 422 g/mol. The number of carbonyl (C=O) groups excluding carboxylic acids is 1. The van der Waals surface area contributed by atoms with Gasteiger partial charge in [0, 0.05) is 18.4 Å². The highest BCUT2D eigenvalue weighted by molar-refractivity contribution is 7.92. The SMILES string of the molecule is CN(c1ccccc1)S(=O)(=O)c1cccc(NC(=O)CNc2ccc3ccccc3c2)c1. The van der Waals surface area contributed by atoms with E-state index in [9.17, 15) is 13.2 Å². The first-order valence-corrected chi connectivity index (χ1v) is 11.5. The van der Waals surface area contributed by atoms with Crippen LogP contribution < -0.4 is 14.9 Å². The van der Waals surface area contributed by atoms with Crippen LogP contribution >= 0.6 is 0 Å². The summed E-state index contributed by atoms with van der Waals surface area (Å²) in [6.45, 7) is 0.0548. The minimum Gasteiger partial charge on any atom is -0.376 e. The predicted octanol–water partition coefficient (Wildman–Crippen LogP) is 4.72. The predicted molar refractivity (Wildman–Crippen MR) is 130 cm³/mol. The molecule has 0 aromatic heterocycles. The molecule has 0 fully saturated rings. The van der Waals surface area contributed by atoms with Crippen molar-refractivity contribution < 1.29 is 13.2 Å². The molecule has 0 aliphatic carbocycles. The normalized spacial score (nSPS) is 11.2. The molecule has 162 valence electrons. The molecule has 0 spiro atoms. The Kier molecular flexibility index (Phi) is 6.09. The molecule has 4 aromatic rings. The van der Waals surface area contributed by atoms with E-state index in [0.29, 0.717) is 11.4 Å². The Balaban J connectivity index is 1.43. The number of amides is 1. The van der Waals surface area contributed by atoms with Crippen LogP contribution in [0.5, 0.6) is 0 Å². The molecule has 0 aliphatic heterocycles. The standard InChI is InChI=1S/C25H23N3O3S/c1-28(23-11-3-2-4-12-23)32(30,31)24-13-7-10-22(17-24)27-25(29)18-26-21-15-14-19-8-5-6-9-20(19)16-21/h2-17,26H,18H2,1H3,(H,27,29). The number of hydrogen-bond acceptors (Lipinski definition) is 4. The lowest BCUT2D eigenvalue weighted by molar-refractivity contribution is -0.114. The van der Waals surface area contributed by atoms with E-state index in [1.165, 1.54) is 23.5 Å². The number of carbonyl (C=O) groups is 1. The monoisotopic (exact) mass is 445 g/mol. The minimum atomic E-state index is -3.76. The summed E-state index contributed by atoms with van der Waals surface area (Å²) in [5.41, 5.74) is 1.80. The summed E-state index contributed by atoms with van der Waals surface area (Å²) in [5, 5.41) is 8.07. The molecule has 2 N–H and O–H groups in total. The maximum absolute atomic E-state index is 13.0. The fourth-order valence-corrected chi connectivity index (χ4v) is 4.60. The maximum atomic E-state index is 13.0. The molecule has 4 aromatic carbocycles. The number of hydrogen-bond donors (Lipinski definition) is 2. The smallest absolute Gasteiger partial charge is 0.264 e. The second kappa shape index (κ2) is 9.11. The second-order valence-corrected chi connectivity index (χ2v) is 9.27. The zero-order valence-electron chi connectivity index (χ0n) is 17.5. The van der Waals surface area contributed by atoms with Gasteiger partial charge in [-0.3, -0.25) is 9.10 Å². The number of sulfonamides is 1. The number of benzene rings is 4. The van der Waals surface area contributed by atoms with Crippen LogP contribution in [-0.2, 0) is 14.8 Å². The maximum Gasteiger partial charge on any atom is 0.264 e. The van der Waals surface area contributed by atoms with E-state index in [4.69, 9.17) is 0 Å². The minimum absolute atomic E-state index is 0.0548. The third-order valence-corrected chi connectivity index (χ3v) is 6.88. The Bertz CT molecular complexity index is 1360. The van der Waals surface area contributed by atoms with Crippen molar-refractivity contribution >= 4 is 43.8 Å². The van der Waals surface area contributed by atoms with Crippen LogP contribution in [0.4, 0.5) is 17.1 Å². The van der Waals surface area contributed by atoms with Crippen LogP contribution in [0, 0.1) is 0 Å². The fourth-order valence-electron chi connectivity index (χ4n) is 3.36. The van der Waals surface area contributed by atoms with E-state index >= 15 is 0 Å². The van der Waals surface area contributed by atoms with Crippen LogP contribution in [0.2, 0.25) is 0 Å². The van der Waals surface area contributed by atoms with Crippen molar-refractivity contribution in [1.29, 1.82) is 0 Å². The van der Waals surface area contributed by atoms with E-state index in [1.54, 1.807) is 36.4 Å². The van der Waals surface area contributed by atoms with Gasteiger partial charge < -0.3 is 10.6 Å². The quantitative estimate of drug-likeness (QED) is 0.432. The highest BCUT2D eigenvalue weighted by Gasteiger charge is 2.21. The van der Waals surface area contributed by atoms with Gasteiger partial charge in [-0.25, -0.2) is 8.42 Å². The van der Waals surface area contributed by atoms with Crippen molar-refractivity contribution in [2.45, 2.75) is 4.90 Å². The van der Waals surface area contributed by atoms with Gasteiger partial charge in [-0.1, -0.05) is 54.6 Å². The van der Waals surface area contributed by atoms with Gasteiger partial charge in [0.2, 0.25) is 5.91 Å². The molecule has 0 atom stereocenters. The van der Waals surface area contributed by atoms with Crippen molar-refractivity contribution in [2.24, 2.45) is 0 Å². The first-order chi connectivity index (χ1) is 15.4. The van der Waals surface area contributed by atoms with Crippen LogP contribution in [0.15, 0.2) is 102 Å². The number of anilines is 3. The Morgan fingerprint density at radius 2 is 1.50 bits per heavy atom. The molecule has 0 radical (unpaired) electrons. The van der Waals surface area contributed by atoms with Gasteiger partial charge in [0.15, 0.2) is 0 Å². The van der Waals surface area contributed by atoms with Gasteiger partial charge in [0.25, 0.3) is 10.0 Å². The molecule has 0 unspecified atom stereocenters. The Labute approximate surface area is 187 Å². The average molecular weight is 446 g/mol. The molecule has 0 bridgehead atoms. The third-order valence-electron chi connectivity index (χ3n) is 5.10. The molecule has 0 saturated carbocycles. The second-order valence-electron chi connectivity index (χ2n) is 7.30. The zero-order chi connectivity index (χ0) is 22.6. The van der Waals surface area contributed by atoms with Gasteiger partial charge in [-0.15, -0.1) is 0 Å². The molecule has 0 aliphatic rings. The lowest BCUT2D eigenvalue weighted by atomic mass is 10.1. The first-order valence-electron chi connectivity index (χ1n) is 10.1. The fraction of sp³-hybridized carbons (Fsp3) is 0.0800. The number of rotatable bonds is 7. The highest BCUT2D eigenvalue weighted by atomic mass is 32.2. The Morgan fingerprint density at radius 3 is 2.28 bits per heavy atom. The third kappa shape index (κ3) is 4.73. The van der Waals surface area contributed by atoms with E-state index in [1.807, 2.05) is 48.5 Å². The summed E-state index contributed by atoms with van der Waals surface area (Å²) in [5.74, 6) is -0.274. The van der Waals surface area contributed by atoms with Crippen LogP contribution in [0.3, 0.4) is 0 Å². The summed E-state index contributed by atoms with van der Waals surface area (Å²) in [7, 11) is -2.26. The number of fused-ring (bicyclic) bond motifs is 1. The van der Waals surface area contributed by atoms with Crippen LogP contribution in [0.1, 0.15) is 0 Å². The van der Waals surface area contributed by atoms with Crippen LogP contribution in [-0.4, -0.2) is 27.9 Å². The summed E-state index contributed by atoms with van der Waals surface area (Å²) < 4.78 is 27.2. The highest BCUT2D eigenvalue weighted by Crippen LogP contribution is 2.24.